The molecule has 1 atom stereocenters. The average Bonchev–Trinajstić information content (AvgIpc) is 3.37. The quantitative estimate of drug-likeness (QED) is 0.578. The lowest BCUT2D eigenvalue weighted by Crippen LogP contribution is -2.42. The lowest BCUT2D eigenvalue weighted by Gasteiger charge is -2.23. The summed E-state index contributed by atoms with van der Waals surface area (Å²) in [5.41, 5.74) is 0.804. The van der Waals surface area contributed by atoms with Crippen molar-refractivity contribution in [3.8, 4) is 11.5 Å². The highest BCUT2D eigenvalue weighted by molar-refractivity contribution is 6.10. The topological polar surface area (TPSA) is 76.1 Å². The van der Waals surface area contributed by atoms with Crippen LogP contribution in [0.2, 0.25) is 0 Å². The number of amides is 1. The second kappa shape index (κ2) is 8.13. The molecule has 0 spiro atoms. The van der Waals surface area contributed by atoms with E-state index in [-0.39, 0.29) is 19.0 Å². The standard InChI is InChI=1S/C26H23NO5/c28-22(19-12-13-23-24(15-19)32-17-31-23)16-26(30)20-10-4-5-11-21(20)27(25(26)29)14-6-9-18-7-2-1-3-8-18/h1-5,7-8,10-13,15,30H,6,9,14,16-17H2/t26-/m0/s1. The summed E-state index contributed by atoms with van der Waals surface area (Å²) in [7, 11) is 0. The third kappa shape index (κ3) is 3.52. The summed E-state index contributed by atoms with van der Waals surface area (Å²) in [5, 5.41) is 11.5. The van der Waals surface area contributed by atoms with Gasteiger partial charge in [0.15, 0.2) is 22.9 Å². The zero-order chi connectivity index (χ0) is 22.1. The van der Waals surface area contributed by atoms with E-state index in [9.17, 15) is 14.7 Å². The van der Waals surface area contributed by atoms with Gasteiger partial charge in [-0.05, 0) is 42.7 Å². The Morgan fingerprint density at radius 1 is 0.969 bits per heavy atom. The van der Waals surface area contributed by atoms with Crippen LogP contribution in [0.15, 0.2) is 72.8 Å². The highest BCUT2D eigenvalue weighted by atomic mass is 16.7. The summed E-state index contributed by atoms with van der Waals surface area (Å²) in [4.78, 5) is 28.0. The molecule has 0 fully saturated rings. The summed E-state index contributed by atoms with van der Waals surface area (Å²) in [6, 6.07) is 22.1. The molecule has 0 saturated carbocycles. The lowest BCUT2D eigenvalue weighted by molar-refractivity contribution is -0.135. The van der Waals surface area contributed by atoms with Gasteiger partial charge < -0.3 is 19.5 Å². The van der Waals surface area contributed by atoms with Crippen molar-refractivity contribution in [3.05, 3.63) is 89.5 Å². The fourth-order valence-electron chi connectivity index (χ4n) is 4.39. The molecule has 0 unspecified atom stereocenters. The van der Waals surface area contributed by atoms with Crippen molar-refractivity contribution < 1.29 is 24.2 Å². The minimum absolute atomic E-state index is 0.112. The zero-order valence-corrected chi connectivity index (χ0v) is 17.5. The van der Waals surface area contributed by atoms with Gasteiger partial charge in [0.05, 0.1) is 12.1 Å². The van der Waals surface area contributed by atoms with Crippen LogP contribution in [0.4, 0.5) is 5.69 Å². The van der Waals surface area contributed by atoms with Crippen LogP contribution in [-0.4, -0.2) is 30.1 Å². The van der Waals surface area contributed by atoms with E-state index in [1.54, 1.807) is 35.2 Å². The maximum atomic E-state index is 13.4. The number of ketones is 1. The Hall–Kier alpha value is -3.64. The molecule has 2 aliphatic rings. The number of Topliss-reactive ketones (excluding diaryl/α,β-unsaturated/α-hetero) is 1. The fraction of sp³-hybridized carbons (Fsp3) is 0.231. The van der Waals surface area contributed by atoms with Crippen molar-refractivity contribution in [2.45, 2.75) is 24.9 Å². The van der Waals surface area contributed by atoms with Gasteiger partial charge in [-0.3, -0.25) is 9.59 Å². The third-order valence-electron chi connectivity index (χ3n) is 6.04. The van der Waals surface area contributed by atoms with Crippen molar-refractivity contribution in [2.75, 3.05) is 18.2 Å². The molecule has 1 N–H and O–H groups in total. The van der Waals surface area contributed by atoms with E-state index in [0.717, 1.165) is 12.8 Å². The Labute approximate surface area is 186 Å². The van der Waals surface area contributed by atoms with Crippen LogP contribution in [0.5, 0.6) is 11.5 Å². The molecular weight excluding hydrogens is 406 g/mol. The van der Waals surface area contributed by atoms with E-state index in [0.29, 0.717) is 34.9 Å². The molecule has 0 aromatic heterocycles. The van der Waals surface area contributed by atoms with Crippen LogP contribution in [-0.2, 0) is 16.8 Å². The SMILES string of the molecule is O=C(C[C@@]1(O)C(=O)N(CCCc2ccccc2)c2ccccc21)c1ccc2c(c1)OCO2. The number of carbonyl (C=O) groups excluding carboxylic acids is 2. The molecule has 6 nitrogen and oxygen atoms in total. The van der Waals surface area contributed by atoms with Crippen molar-refractivity contribution in [3.63, 3.8) is 0 Å². The molecule has 2 heterocycles. The van der Waals surface area contributed by atoms with Gasteiger partial charge in [0.25, 0.3) is 5.91 Å². The summed E-state index contributed by atoms with van der Waals surface area (Å²) in [6.45, 7) is 0.575. The predicted molar refractivity (Wildman–Crippen MR) is 119 cm³/mol. The largest absolute Gasteiger partial charge is 0.454 e. The number of anilines is 1. The molecule has 3 aromatic rings. The smallest absolute Gasteiger partial charge is 0.264 e. The van der Waals surface area contributed by atoms with E-state index < -0.39 is 11.5 Å². The van der Waals surface area contributed by atoms with Crippen LogP contribution in [0.3, 0.4) is 0 Å². The normalized spacial score (nSPS) is 18.7. The average molecular weight is 429 g/mol. The number of carbonyl (C=O) groups is 2. The highest BCUT2D eigenvalue weighted by Crippen LogP contribution is 2.43. The number of hydrogen-bond donors (Lipinski definition) is 1. The van der Waals surface area contributed by atoms with E-state index >= 15 is 0 Å². The Morgan fingerprint density at radius 3 is 2.56 bits per heavy atom. The van der Waals surface area contributed by atoms with Gasteiger partial charge >= 0.3 is 0 Å². The summed E-state index contributed by atoms with van der Waals surface area (Å²) < 4.78 is 10.6. The van der Waals surface area contributed by atoms with Crippen LogP contribution in [0, 0.1) is 0 Å². The number of para-hydroxylation sites is 1. The maximum Gasteiger partial charge on any atom is 0.264 e. The third-order valence-corrected chi connectivity index (χ3v) is 6.04. The lowest BCUT2D eigenvalue weighted by atomic mass is 9.88. The van der Waals surface area contributed by atoms with Crippen LogP contribution >= 0.6 is 0 Å². The molecule has 6 heteroatoms. The van der Waals surface area contributed by atoms with E-state index in [2.05, 4.69) is 12.1 Å². The number of benzene rings is 3. The van der Waals surface area contributed by atoms with Crippen molar-refractivity contribution in [1.29, 1.82) is 0 Å². The van der Waals surface area contributed by atoms with Crippen molar-refractivity contribution in [1.82, 2.24) is 0 Å². The first-order valence-corrected chi connectivity index (χ1v) is 10.7. The molecule has 0 radical (unpaired) electrons. The number of fused-ring (bicyclic) bond motifs is 2. The Morgan fingerprint density at radius 2 is 1.72 bits per heavy atom. The molecule has 0 saturated heterocycles. The number of aryl methyl sites for hydroxylation is 1. The Kier molecular flexibility index (Phi) is 5.15. The van der Waals surface area contributed by atoms with Gasteiger partial charge in [-0.15, -0.1) is 0 Å². The second-order valence-corrected chi connectivity index (χ2v) is 8.09. The molecule has 2 aliphatic heterocycles. The molecule has 162 valence electrons. The molecule has 5 rings (SSSR count). The van der Waals surface area contributed by atoms with Crippen LogP contribution in [0.25, 0.3) is 0 Å². The van der Waals surface area contributed by atoms with Crippen LogP contribution in [0.1, 0.15) is 34.3 Å². The van der Waals surface area contributed by atoms with Gasteiger partial charge in [0.1, 0.15) is 0 Å². The van der Waals surface area contributed by atoms with E-state index in [4.69, 9.17) is 9.47 Å². The first-order valence-electron chi connectivity index (χ1n) is 10.7. The number of ether oxygens (including phenoxy) is 2. The van der Waals surface area contributed by atoms with Crippen molar-refractivity contribution >= 4 is 17.4 Å². The zero-order valence-electron chi connectivity index (χ0n) is 17.5. The number of nitrogens with zero attached hydrogens (tertiary/aromatic N) is 1. The number of rotatable bonds is 7. The highest BCUT2D eigenvalue weighted by Gasteiger charge is 2.50. The molecule has 0 aliphatic carbocycles. The number of hydrogen-bond acceptors (Lipinski definition) is 5. The van der Waals surface area contributed by atoms with Gasteiger partial charge in [0, 0.05) is 17.7 Å². The number of aliphatic hydroxyl groups is 1. The molecular formula is C26H23NO5. The Bertz CT molecular complexity index is 1180. The first-order chi connectivity index (χ1) is 15.6. The van der Waals surface area contributed by atoms with Gasteiger partial charge in [-0.25, -0.2) is 0 Å². The van der Waals surface area contributed by atoms with E-state index in [1.807, 2.05) is 30.3 Å². The fourth-order valence-corrected chi connectivity index (χ4v) is 4.39. The summed E-state index contributed by atoms with van der Waals surface area (Å²) in [6.07, 6.45) is 1.23. The van der Waals surface area contributed by atoms with Gasteiger partial charge in [-0.1, -0.05) is 48.5 Å². The van der Waals surface area contributed by atoms with Gasteiger partial charge in [-0.2, -0.15) is 0 Å². The van der Waals surface area contributed by atoms with Crippen LogP contribution < -0.4 is 14.4 Å². The minimum Gasteiger partial charge on any atom is -0.454 e. The van der Waals surface area contributed by atoms with Crippen molar-refractivity contribution in [2.24, 2.45) is 0 Å². The molecule has 1 amide bonds. The maximum absolute atomic E-state index is 13.4. The van der Waals surface area contributed by atoms with Gasteiger partial charge in [0.2, 0.25) is 6.79 Å². The molecule has 0 bridgehead atoms. The minimum atomic E-state index is -1.89. The summed E-state index contributed by atoms with van der Waals surface area (Å²) >= 11 is 0. The summed E-state index contributed by atoms with van der Waals surface area (Å²) in [5.74, 6) is 0.275. The Balaban J connectivity index is 1.36. The molecule has 32 heavy (non-hydrogen) atoms. The predicted octanol–water partition coefficient (Wildman–Crippen LogP) is 3.86. The molecule has 3 aromatic carbocycles. The second-order valence-electron chi connectivity index (χ2n) is 8.09. The first kappa shape index (κ1) is 20.3. The monoisotopic (exact) mass is 429 g/mol. The van der Waals surface area contributed by atoms with E-state index in [1.165, 1.54) is 5.56 Å².